The summed E-state index contributed by atoms with van der Waals surface area (Å²) in [6.45, 7) is 2.23. The number of aryl methyl sites for hydroxylation is 2. The van der Waals surface area contributed by atoms with Gasteiger partial charge in [-0.05, 0) is 25.6 Å². The van der Waals surface area contributed by atoms with Crippen molar-refractivity contribution in [1.29, 1.82) is 0 Å². The van der Waals surface area contributed by atoms with Crippen LogP contribution in [0.2, 0.25) is 0 Å². The van der Waals surface area contributed by atoms with E-state index in [1.165, 1.54) is 23.8 Å². The molecule has 0 aliphatic heterocycles. The summed E-state index contributed by atoms with van der Waals surface area (Å²) in [7, 11) is 4.11. The van der Waals surface area contributed by atoms with Gasteiger partial charge in [0.25, 0.3) is 0 Å². The number of imidazole rings is 1. The second-order valence-electron chi connectivity index (χ2n) is 4.05. The normalized spacial score (nSPS) is 12.9. The van der Waals surface area contributed by atoms with Gasteiger partial charge in [0, 0.05) is 37.7 Å². The topological polar surface area (TPSA) is 29.9 Å². The van der Waals surface area contributed by atoms with Crippen molar-refractivity contribution in [3.05, 3.63) is 18.2 Å². The Morgan fingerprint density at radius 1 is 1.56 bits per heavy atom. The number of aromatic nitrogens is 2. The number of nitrogens with zero attached hydrogens (tertiary/aromatic N) is 2. The molecular formula is C12H23N3S. The van der Waals surface area contributed by atoms with Crippen LogP contribution in [0.15, 0.2) is 12.4 Å². The molecule has 1 aromatic heterocycles. The van der Waals surface area contributed by atoms with Crippen molar-refractivity contribution in [3.8, 4) is 0 Å². The highest BCUT2D eigenvalue weighted by molar-refractivity contribution is 7.99. The third kappa shape index (κ3) is 4.58. The Morgan fingerprint density at radius 3 is 2.94 bits per heavy atom. The second-order valence-corrected chi connectivity index (χ2v) is 5.20. The molecule has 1 atom stereocenters. The Morgan fingerprint density at radius 2 is 2.38 bits per heavy atom. The van der Waals surface area contributed by atoms with E-state index in [-0.39, 0.29) is 0 Å². The summed E-state index contributed by atoms with van der Waals surface area (Å²) in [5.41, 5.74) is 0. The molecule has 3 nitrogen and oxygen atoms in total. The minimum atomic E-state index is 0.605. The largest absolute Gasteiger partial charge is 0.338 e. The number of rotatable bonds is 8. The van der Waals surface area contributed by atoms with Gasteiger partial charge in [0.05, 0.1) is 0 Å². The van der Waals surface area contributed by atoms with Crippen LogP contribution in [0.3, 0.4) is 0 Å². The van der Waals surface area contributed by atoms with Gasteiger partial charge in [0.15, 0.2) is 0 Å². The molecular weight excluding hydrogens is 218 g/mol. The lowest BCUT2D eigenvalue weighted by Gasteiger charge is -2.15. The maximum absolute atomic E-state index is 4.35. The maximum Gasteiger partial charge on any atom is 0.108 e. The summed E-state index contributed by atoms with van der Waals surface area (Å²) >= 11 is 2.04. The fourth-order valence-electron chi connectivity index (χ4n) is 1.62. The van der Waals surface area contributed by atoms with E-state index in [1.54, 1.807) is 0 Å². The van der Waals surface area contributed by atoms with E-state index in [4.69, 9.17) is 0 Å². The zero-order valence-electron chi connectivity index (χ0n) is 10.6. The van der Waals surface area contributed by atoms with Gasteiger partial charge in [-0.15, -0.1) is 0 Å². The van der Waals surface area contributed by atoms with Gasteiger partial charge in [0.2, 0.25) is 0 Å². The zero-order chi connectivity index (χ0) is 11.8. The predicted octanol–water partition coefficient (Wildman–Crippen LogP) is 2.08. The van der Waals surface area contributed by atoms with E-state index in [2.05, 4.69) is 35.9 Å². The van der Waals surface area contributed by atoms with Crippen LogP contribution in [0, 0.1) is 0 Å². The first-order chi connectivity index (χ1) is 7.77. The molecule has 92 valence electrons. The summed E-state index contributed by atoms with van der Waals surface area (Å²) < 4.78 is 2.10. The van der Waals surface area contributed by atoms with Crippen molar-refractivity contribution in [2.45, 2.75) is 32.2 Å². The molecule has 1 rings (SSSR count). The van der Waals surface area contributed by atoms with Crippen molar-refractivity contribution in [1.82, 2.24) is 14.9 Å². The van der Waals surface area contributed by atoms with Crippen LogP contribution in [0.1, 0.15) is 25.6 Å². The highest BCUT2D eigenvalue weighted by Crippen LogP contribution is 2.09. The molecule has 0 radical (unpaired) electrons. The number of hydrogen-bond acceptors (Lipinski definition) is 3. The number of thioether (sulfide) groups is 1. The van der Waals surface area contributed by atoms with Crippen molar-refractivity contribution < 1.29 is 0 Å². The summed E-state index contributed by atoms with van der Waals surface area (Å²) in [5.74, 6) is 3.65. The molecule has 1 N–H and O–H groups in total. The van der Waals surface area contributed by atoms with Crippen molar-refractivity contribution >= 4 is 11.8 Å². The molecule has 0 aliphatic rings. The highest BCUT2D eigenvalue weighted by Gasteiger charge is 2.08. The molecule has 16 heavy (non-hydrogen) atoms. The highest BCUT2D eigenvalue weighted by atomic mass is 32.2. The Hall–Kier alpha value is -0.480. The summed E-state index contributed by atoms with van der Waals surface area (Å²) in [5, 5.41) is 3.38. The molecule has 1 aromatic rings. The van der Waals surface area contributed by atoms with E-state index in [1.807, 2.05) is 24.2 Å². The van der Waals surface area contributed by atoms with Gasteiger partial charge < -0.3 is 9.88 Å². The first-order valence-electron chi connectivity index (χ1n) is 5.99. The quantitative estimate of drug-likeness (QED) is 0.707. The standard InChI is InChI=1S/C12H23N3S/c1-4-9-16-10-11(13-2)5-6-12-14-7-8-15(12)3/h7-8,11,13H,4-6,9-10H2,1-3H3. The first-order valence-corrected chi connectivity index (χ1v) is 7.14. The monoisotopic (exact) mass is 241 g/mol. The van der Waals surface area contributed by atoms with Crippen molar-refractivity contribution in [2.75, 3.05) is 18.6 Å². The molecule has 0 fully saturated rings. The van der Waals surface area contributed by atoms with Crippen molar-refractivity contribution in [3.63, 3.8) is 0 Å². The molecule has 0 aliphatic carbocycles. The lowest BCUT2D eigenvalue weighted by atomic mass is 10.2. The van der Waals surface area contributed by atoms with Crippen LogP contribution in [-0.2, 0) is 13.5 Å². The molecule has 0 saturated heterocycles. The molecule has 1 unspecified atom stereocenters. The lowest BCUT2D eigenvalue weighted by Crippen LogP contribution is -2.28. The fourth-order valence-corrected chi connectivity index (χ4v) is 2.69. The SMILES string of the molecule is CCCSCC(CCc1nccn1C)NC. The van der Waals surface area contributed by atoms with Gasteiger partial charge in [-0.3, -0.25) is 0 Å². The average molecular weight is 241 g/mol. The number of nitrogens with one attached hydrogen (secondary N) is 1. The van der Waals surface area contributed by atoms with Crippen LogP contribution < -0.4 is 5.32 Å². The first kappa shape index (κ1) is 13.6. The molecule has 1 heterocycles. The zero-order valence-corrected chi connectivity index (χ0v) is 11.4. The molecule has 0 bridgehead atoms. The minimum Gasteiger partial charge on any atom is -0.338 e. The molecule has 0 aromatic carbocycles. The van der Waals surface area contributed by atoms with Crippen LogP contribution >= 0.6 is 11.8 Å². The molecule has 0 saturated carbocycles. The van der Waals surface area contributed by atoms with Gasteiger partial charge >= 0.3 is 0 Å². The summed E-state index contributed by atoms with van der Waals surface area (Å²) in [4.78, 5) is 4.35. The maximum atomic E-state index is 4.35. The fraction of sp³-hybridized carbons (Fsp3) is 0.750. The minimum absolute atomic E-state index is 0.605. The summed E-state index contributed by atoms with van der Waals surface area (Å²) in [6, 6.07) is 0.605. The van der Waals surface area contributed by atoms with E-state index >= 15 is 0 Å². The molecule has 0 amide bonds. The predicted molar refractivity (Wildman–Crippen MR) is 72.0 cm³/mol. The third-order valence-corrected chi connectivity index (χ3v) is 4.05. The third-order valence-electron chi connectivity index (χ3n) is 2.71. The average Bonchev–Trinajstić information content (AvgIpc) is 2.69. The molecule has 0 spiro atoms. The van der Waals surface area contributed by atoms with E-state index in [0.717, 1.165) is 12.8 Å². The Kier molecular flexibility index (Phi) is 6.57. The number of hydrogen-bond donors (Lipinski definition) is 1. The van der Waals surface area contributed by atoms with Gasteiger partial charge in [-0.25, -0.2) is 4.98 Å². The summed E-state index contributed by atoms with van der Waals surface area (Å²) in [6.07, 6.45) is 7.37. The van der Waals surface area contributed by atoms with E-state index < -0.39 is 0 Å². The van der Waals surface area contributed by atoms with Crippen LogP contribution in [0.5, 0.6) is 0 Å². The Bertz CT molecular complexity index is 286. The van der Waals surface area contributed by atoms with Crippen molar-refractivity contribution in [2.24, 2.45) is 7.05 Å². The van der Waals surface area contributed by atoms with Crippen LogP contribution in [0.25, 0.3) is 0 Å². The van der Waals surface area contributed by atoms with E-state index in [0.29, 0.717) is 6.04 Å². The second kappa shape index (κ2) is 7.74. The van der Waals surface area contributed by atoms with E-state index in [9.17, 15) is 0 Å². The van der Waals surface area contributed by atoms with Gasteiger partial charge in [-0.2, -0.15) is 11.8 Å². The van der Waals surface area contributed by atoms with Crippen LogP contribution in [0.4, 0.5) is 0 Å². The van der Waals surface area contributed by atoms with Gasteiger partial charge in [0.1, 0.15) is 5.82 Å². The Balaban J connectivity index is 2.26. The van der Waals surface area contributed by atoms with Gasteiger partial charge in [-0.1, -0.05) is 6.92 Å². The smallest absolute Gasteiger partial charge is 0.108 e. The Labute approximate surface area is 103 Å². The molecule has 4 heteroatoms. The van der Waals surface area contributed by atoms with Crippen LogP contribution in [-0.4, -0.2) is 34.1 Å². The lowest BCUT2D eigenvalue weighted by molar-refractivity contribution is 0.557.